The zero-order valence-electron chi connectivity index (χ0n) is 9.61. The van der Waals surface area contributed by atoms with Crippen LogP contribution in [-0.4, -0.2) is 11.7 Å². The molecule has 0 aromatic carbocycles. The lowest BCUT2D eigenvalue weighted by Crippen LogP contribution is -2.34. The molecule has 16 heavy (non-hydrogen) atoms. The average Bonchev–Trinajstić information content (AvgIpc) is 2.63. The van der Waals surface area contributed by atoms with Crippen LogP contribution in [0.2, 0.25) is 0 Å². The van der Waals surface area contributed by atoms with E-state index < -0.39 is 17.7 Å². The topological polar surface area (TPSA) is 51.5 Å². The van der Waals surface area contributed by atoms with E-state index in [4.69, 9.17) is 15.6 Å². The molecule has 1 heterocycles. The number of alkyl carbamates (subject to hydrolysis) is 1. The molecule has 0 fully saturated rings. The first kappa shape index (κ1) is 12.2. The van der Waals surface area contributed by atoms with Crippen LogP contribution in [0.5, 0.6) is 0 Å². The molecular formula is C12H15NO3. The van der Waals surface area contributed by atoms with Gasteiger partial charge in [-0.1, -0.05) is 5.92 Å². The van der Waals surface area contributed by atoms with Crippen molar-refractivity contribution in [3.63, 3.8) is 0 Å². The van der Waals surface area contributed by atoms with E-state index >= 15 is 0 Å². The van der Waals surface area contributed by atoms with Gasteiger partial charge in [-0.25, -0.2) is 4.79 Å². The molecule has 0 aliphatic rings. The second-order valence-corrected chi connectivity index (χ2v) is 4.26. The highest BCUT2D eigenvalue weighted by atomic mass is 16.6. The van der Waals surface area contributed by atoms with E-state index in [-0.39, 0.29) is 0 Å². The largest absolute Gasteiger partial charge is 0.466 e. The minimum absolute atomic E-state index is 0.508. The van der Waals surface area contributed by atoms with Gasteiger partial charge in [0.15, 0.2) is 6.04 Å². The maximum absolute atomic E-state index is 11.5. The Hall–Kier alpha value is -1.89. The Labute approximate surface area is 95.0 Å². The van der Waals surface area contributed by atoms with Gasteiger partial charge in [0.25, 0.3) is 0 Å². The summed E-state index contributed by atoms with van der Waals surface area (Å²) in [6.07, 6.45) is 6.23. The second kappa shape index (κ2) is 4.75. The van der Waals surface area contributed by atoms with Gasteiger partial charge in [0.1, 0.15) is 11.4 Å². The zero-order valence-corrected chi connectivity index (χ0v) is 9.61. The molecule has 0 bridgehead atoms. The van der Waals surface area contributed by atoms with Gasteiger partial charge in [-0.2, -0.15) is 0 Å². The fourth-order valence-corrected chi connectivity index (χ4v) is 1.08. The van der Waals surface area contributed by atoms with Crippen molar-refractivity contribution in [3.8, 4) is 12.3 Å². The molecule has 0 aliphatic heterocycles. The third-order valence-electron chi connectivity index (χ3n) is 1.66. The summed E-state index contributed by atoms with van der Waals surface area (Å²) in [7, 11) is 0. The van der Waals surface area contributed by atoms with E-state index in [1.165, 1.54) is 6.26 Å². The predicted octanol–water partition coefficient (Wildman–Crippen LogP) is 2.48. The summed E-state index contributed by atoms with van der Waals surface area (Å²) in [6, 6.07) is 2.79. The molecule has 4 nitrogen and oxygen atoms in total. The number of rotatable bonds is 2. The van der Waals surface area contributed by atoms with Crippen LogP contribution in [0, 0.1) is 12.3 Å². The zero-order chi connectivity index (χ0) is 12.2. The number of hydrogen-bond donors (Lipinski definition) is 1. The summed E-state index contributed by atoms with van der Waals surface area (Å²) >= 11 is 0. The van der Waals surface area contributed by atoms with Crippen molar-refractivity contribution >= 4 is 6.09 Å². The van der Waals surface area contributed by atoms with E-state index in [1.54, 1.807) is 32.9 Å². The fraction of sp³-hybridized carbons (Fsp3) is 0.417. The van der Waals surface area contributed by atoms with Gasteiger partial charge in [0, 0.05) is 0 Å². The lowest BCUT2D eigenvalue weighted by atomic mass is 10.2. The molecule has 1 aromatic rings. The van der Waals surface area contributed by atoms with Crippen molar-refractivity contribution in [2.24, 2.45) is 0 Å². The lowest BCUT2D eigenvalue weighted by Gasteiger charge is -2.20. The van der Waals surface area contributed by atoms with Gasteiger partial charge in [0.2, 0.25) is 0 Å². The van der Waals surface area contributed by atoms with Crippen LogP contribution in [0.4, 0.5) is 4.79 Å². The summed E-state index contributed by atoms with van der Waals surface area (Å²) in [4.78, 5) is 11.5. The molecule has 0 spiro atoms. The van der Waals surface area contributed by atoms with Crippen molar-refractivity contribution in [2.45, 2.75) is 32.4 Å². The van der Waals surface area contributed by atoms with Gasteiger partial charge in [0.05, 0.1) is 6.26 Å². The van der Waals surface area contributed by atoms with Crippen LogP contribution in [-0.2, 0) is 4.74 Å². The highest BCUT2D eigenvalue weighted by Crippen LogP contribution is 2.14. The number of carbonyl (C=O) groups excluding carboxylic acids is 1. The van der Waals surface area contributed by atoms with E-state index in [1.807, 2.05) is 0 Å². The highest BCUT2D eigenvalue weighted by molar-refractivity contribution is 5.68. The first-order valence-corrected chi connectivity index (χ1v) is 4.91. The average molecular weight is 221 g/mol. The van der Waals surface area contributed by atoms with Crippen molar-refractivity contribution in [3.05, 3.63) is 24.2 Å². The summed E-state index contributed by atoms with van der Waals surface area (Å²) in [6.45, 7) is 5.35. The molecule has 1 aromatic heterocycles. The molecule has 0 saturated carbocycles. The van der Waals surface area contributed by atoms with Gasteiger partial charge >= 0.3 is 6.09 Å². The van der Waals surface area contributed by atoms with Crippen molar-refractivity contribution in [2.75, 3.05) is 0 Å². The fourth-order valence-electron chi connectivity index (χ4n) is 1.08. The third kappa shape index (κ3) is 3.70. The number of carbonyl (C=O) groups is 1. The first-order chi connectivity index (χ1) is 7.42. The number of ether oxygens (including phenoxy) is 1. The highest BCUT2D eigenvalue weighted by Gasteiger charge is 2.20. The maximum Gasteiger partial charge on any atom is 0.409 e. The summed E-state index contributed by atoms with van der Waals surface area (Å²) in [5.41, 5.74) is -0.549. The first-order valence-electron chi connectivity index (χ1n) is 4.91. The van der Waals surface area contributed by atoms with E-state index in [9.17, 15) is 4.79 Å². The normalized spacial score (nSPS) is 12.6. The maximum atomic E-state index is 11.5. The SMILES string of the molecule is C#CC(NC(=O)OC(C)(C)C)c1ccco1. The number of nitrogens with one attached hydrogen (secondary N) is 1. The Morgan fingerprint density at radius 1 is 1.62 bits per heavy atom. The number of hydrogen-bond acceptors (Lipinski definition) is 3. The molecular weight excluding hydrogens is 206 g/mol. The number of terminal acetylenes is 1. The van der Waals surface area contributed by atoms with Crippen LogP contribution in [0.1, 0.15) is 32.6 Å². The third-order valence-corrected chi connectivity index (χ3v) is 1.66. The van der Waals surface area contributed by atoms with E-state index in [0.29, 0.717) is 5.76 Å². The Kier molecular flexibility index (Phi) is 3.62. The lowest BCUT2D eigenvalue weighted by molar-refractivity contribution is 0.0511. The monoisotopic (exact) mass is 221 g/mol. The van der Waals surface area contributed by atoms with Crippen molar-refractivity contribution in [1.82, 2.24) is 5.32 Å². The van der Waals surface area contributed by atoms with Gasteiger partial charge in [-0.15, -0.1) is 6.42 Å². The summed E-state index contributed by atoms with van der Waals surface area (Å²) in [5, 5.41) is 2.53. The second-order valence-electron chi connectivity index (χ2n) is 4.26. The minimum Gasteiger partial charge on any atom is -0.466 e. The van der Waals surface area contributed by atoms with E-state index in [0.717, 1.165) is 0 Å². The van der Waals surface area contributed by atoms with Crippen LogP contribution >= 0.6 is 0 Å². The van der Waals surface area contributed by atoms with E-state index in [2.05, 4.69) is 11.2 Å². The molecule has 0 aliphatic carbocycles. The van der Waals surface area contributed by atoms with Crippen molar-refractivity contribution < 1.29 is 13.9 Å². The molecule has 0 radical (unpaired) electrons. The van der Waals surface area contributed by atoms with Gasteiger partial charge in [-0.3, -0.25) is 0 Å². The number of amides is 1. The molecule has 1 atom stereocenters. The standard InChI is InChI=1S/C12H15NO3/c1-5-9(10-7-6-8-15-10)13-11(14)16-12(2,3)4/h1,6-9H,2-4H3,(H,13,14). The van der Waals surface area contributed by atoms with Gasteiger partial charge < -0.3 is 14.5 Å². The van der Waals surface area contributed by atoms with Crippen LogP contribution in [0.25, 0.3) is 0 Å². The quantitative estimate of drug-likeness (QED) is 0.780. The summed E-state index contributed by atoms with van der Waals surface area (Å²) in [5.74, 6) is 2.92. The van der Waals surface area contributed by atoms with Crippen LogP contribution in [0.15, 0.2) is 22.8 Å². The van der Waals surface area contributed by atoms with Crippen molar-refractivity contribution in [1.29, 1.82) is 0 Å². The Morgan fingerprint density at radius 2 is 2.31 bits per heavy atom. The van der Waals surface area contributed by atoms with Crippen LogP contribution < -0.4 is 5.32 Å². The molecule has 1 amide bonds. The molecule has 1 rings (SSSR count). The minimum atomic E-state index is -0.607. The van der Waals surface area contributed by atoms with Crippen LogP contribution in [0.3, 0.4) is 0 Å². The van der Waals surface area contributed by atoms with Gasteiger partial charge in [-0.05, 0) is 32.9 Å². The smallest absolute Gasteiger partial charge is 0.409 e. The molecule has 1 N–H and O–H groups in total. The predicted molar refractivity (Wildman–Crippen MR) is 59.7 cm³/mol. The summed E-state index contributed by atoms with van der Waals surface area (Å²) < 4.78 is 10.2. The molecule has 4 heteroatoms. The Balaban J connectivity index is 2.59. The molecule has 1 unspecified atom stereocenters. The Morgan fingerprint density at radius 3 is 2.75 bits per heavy atom. The molecule has 86 valence electrons. The number of furan rings is 1. The molecule has 0 saturated heterocycles. The Bertz CT molecular complexity index is 381.